The average Bonchev–Trinajstić information content (AvgIpc) is 3.08. The number of pyridine rings is 1. The van der Waals surface area contributed by atoms with Crippen LogP contribution in [0.2, 0.25) is 0 Å². The second-order valence-electron chi connectivity index (χ2n) is 7.48. The number of benzene rings is 1. The van der Waals surface area contributed by atoms with E-state index < -0.39 is 0 Å². The van der Waals surface area contributed by atoms with Crippen LogP contribution in [0.25, 0.3) is 11.4 Å². The van der Waals surface area contributed by atoms with Crippen molar-refractivity contribution in [2.75, 3.05) is 12.1 Å². The van der Waals surface area contributed by atoms with Crippen LogP contribution in [0.3, 0.4) is 0 Å². The van der Waals surface area contributed by atoms with Crippen LogP contribution in [0.5, 0.6) is 0 Å². The van der Waals surface area contributed by atoms with Gasteiger partial charge in [-0.1, -0.05) is 24.8 Å². The molecule has 0 spiro atoms. The van der Waals surface area contributed by atoms with E-state index in [2.05, 4.69) is 62.7 Å². The number of anilines is 1. The standard InChI is InChI=1S/C22H19N6/c1-14-20-19(15-6-3-4-7-16(15)21-24-9-5-11-27(20)21)17-8-10-23-12-18(17)28-22(14)26(2)13-25-28/h3-13,19-20,22H,1H2,2H3/q+1. The molecular weight excluding hydrogens is 348 g/mol. The lowest BCUT2D eigenvalue weighted by molar-refractivity contribution is -0.710. The lowest BCUT2D eigenvalue weighted by Gasteiger charge is -2.34. The second-order valence-corrected chi connectivity index (χ2v) is 7.48. The molecule has 0 radical (unpaired) electrons. The van der Waals surface area contributed by atoms with Gasteiger partial charge in [0.15, 0.2) is 0 Å². The summed E-state index contributed by atoms with van der Waals surface area (Å²) in [7, 11) is 2.04. The molecule has 3 atom stereocenters. The molecule has 0 fully saturated rings. The normalized spacial score (nSPS) is 24.0. The van der Waals surface area contributed by atoms with Crippen LogP contribution < -0.4 is 9.58 Å². The van der Waals surface area contributed by atoms with Crippen molar-refractivity contribution in [3.05, 3.63) is 84.5 Å². The van der Waals surface area contributed by atoms with Crippen LogP contribution in [0.15, 0.2) is 78.4 Å². The third kappa shape index (κ3) is 1.87. The molecule has 0 aliphatic carbocycles. The average molecular weight is 367 g/mol. The van der Waals surface area contributed by atoms with Gasteiger partial charge in [-0.25, -0.2) is 9.58 Å². The summed E-state index contributed by atoms with van der Waals surface area (Å²) in [6.07, 6.45) is 9.57. The number of fused-ring (bicyclic) bond motifs is 10. The van der Waals surface area contributed by atoms with E-state index in [0.717, 1.165) is 17.1 Å². The highest BCUT2D eigenvalue weighted by Gasteiger charge is 2.49. The number of rotatable bonds is 0. The van der Waals surface area contributed by atoms with Gasteiger partial charge in [-0.3, -0.25) is 4.98 Å². The molecule has 0 amide bonds. The van der Waals surface area contributed by atoms with E-state index in [1.54, 1.807) is 0 Å². The van der Waals surface area contributed by atoms with Crippen molar-refractivity contribution in [2.24, 2.45) is 5.10 Å². The minimum Gasteiger partial charge on any atom is -0.339 e. The largest absolute Gasteiger partial charge is 0.339 e. The van der Waals surface area contributed by atoms with Gasteiger partial charge in [0.1, 0.15) is 24.7 Å². The van der Waals surface area contributed by atoms with Crippen molar-refractivity contribution >= 4 is 12.0 Å². The van der Waals surface area contributed by atoms with Gasteiger partial charge in [0.05, 0.1) is 29.6 Å². The van der Waals surface area contributed by atoms with E-state index in [-0.39, 0.29) is 18.1 Å². The van der Waals surface area contributed by atoms with Crippen LogP contribution in [-0.4, -0.2) is 34.4 Å². The van der Waals surface area contributed by atoms with Crippen LogP contribution in [0, 0.1) is 0 Å². The van der Waals surface area contributed by atoms with E-state index in [9.17, 15) is 0 Å². The first-order valence-corrected chi connectivity index (χ1v) is 9.39. The second kappa shape index (κ2) is 5.48. The summed E-state index contributed by atoms with van der Waals surface area (Å²) in [5, 5.41) is 6.71. The topological polar surface area (TPSA) is 48.5 Å². The summed E-state index contributed by atoms with van der Waals surface area (Å²) in [5.74, 6) is 1.10. The maximum absolute atomic E-state index is 4.73. The van der Waals surface area contributed by atoms with Crippen molar-refractivity contribution in [2.45, 2.75) is 18.1 Å². The number of hydrogen-bond donors (Lipinski definition) is 0. The molecule has 136 valence electrons. The summed E-state index contributed by atoms with van der Waals surface area (Å²) in [4.78, 5) is 11.2. The Morgan fingerprint density at radius 3 is 2.89 bits per heavy atom. The third-order valence-corrected chi connectivity index (χ3v) is 6.03. The number of hydrogen-bond acceptors (Lipinski definition) is 5. The van der Waals surface area contributed by atoms with Gasteiger partial charge in [0.2, 0.25) is 0 Å². The van der Waals surface area contributed by atoms with Crippen molar-refractivity contribution < 1.29 is 4.57 Å². The molecule has 3 aliphatic rings. The zero-order valence-electron chi connectivity index (χ0n) is 15.5. The van der Waals surface area contributed by atoms with E-state index in [1.165, 1.54) is 16.7 Å². The van der Waals surface area contributed by atoms with Gasteiger partial charge in [0, 0.05) is 24.9 Å². The van der Waals surface area contributed by atoms with Gasteiger partial charge >= 0.3 is 5.82 Å². The molecule has 28 heavy (non-hydrogen) atoms. The molecule has 0 saturated heterocycles. The number of likely N-dealkylation sites (N-methyl/N-ethyl adjacent to an activating group) is 1. The number of nitrogens with zero attached hydrogens (tertiary/aromatic N) is 6. The Morgan fingerprint density at radius 1 is 1.07 bits per heavy atom. The summed E-state index contributed by atoms with van der Waals surface area (Å²) in [6.45, 7) is 4.57. The molecule has 0 N–H and O–H groups in total. The van der Waals surface area contributed by atoms with Crippen molar-refractivity contribution in [1.29, 1.82) is 0 Å². The maximum atomic E-state index is 4.73. The third-order valence-electron chi connectivity index (χ3n) is 6.03. The quantitative estimate of drug-likeness (QED) is 0.453. The zero-order chi connectivity index (χ0) is 18.8. The van der Waals surface area contributed by atoms with Gasteiger partial charge in [0.25, 0.3) is 0 Å². The molecule has 6 rings (SSSR count). The Bertz CT molecular complexity index is 1150. The Kier molecular flexibility index (Phi) is 3.04. The van der Waals surface area contributed by atoms with Gasteiger partial charge in [-0.15, -0.1) is 0 Å². The Balaban J connectivity index is 1.71. The van der Waals surface area contributed by atoms with Crippen LogP contribution >= 0.6 is 0 Å². The fraction of sp³-hybridized carbons (Fsp3) is 0.182. The summed E-state index contributed by atoms with van der Waals surface area (Å²) >= 11 is 0. The smallest absolute Gasteiger partial charge is 0.330 e. The van der Waals surface area contributed by atoms with Crippen molar-refractivity contribution in [3.63, 3.8) is 0 Å². The first-order valence-electron chi connectivity index (χ1n) is 9.39. The predicted molar refractivity (Wildman–Crippen MR) is 107 cm³/mol. The Hall–Kier alpha value is -3.54. The molecule has 3 unspecified atom stereocenters. The minimum absolute atomic E-state index is 0.0406. The van der Waals surface area contributed by atoms with Gasteiger partial charge in [-0.05, 0) is 28.2 Å². The van der Waals surface area contributed by atoms with Gasteiger partial charge < -0.3 is 4.90 Å². The fourth-order valence-corrected chi connectivity index (χ4v) is 4.90. The number of aromatic nitrogens is 3. The molecule has 0 bridgehead atoms. The minimum atomic E-state index is -0.0521. The molecular formula is C22H19N6+. The monoisotopic (exact) mass is 367 g/mol. The van der Waals surface area contributed by atoms with E-state index >= 15 is 0 Å². The lowest BCUT2D eigenvalue weighted by atomic mass is 9.77. The first kappa shape index (κ1) is 15.5. The van der Waals surface area contributed by atoms with Crippen LogP contribution in [0.4, 0.5) is 5.69 Å². The van der Waals surface area contributed by atoms with E-state index in [0.29, 0.717) is 0 Å². The molecule has 1 aromatic carbocycles. The molecule has 3 aromatic rings. The van der Waals surface area contributed by atoms with E-state index in [1.807, 2.05) is 43.1 Å². The summed E-state index contributed by atoms with van der Waals surface area (Å²) in [5.41, 5.74) is 5.77. The predicted octanol–water partition coefficient (Wildman–Crippen LogP) is 2.71. The highest BCUT2D eigenvalue weighted by Crippen LogP contribution is 2.50. The lowest BCUT2D eigenvalue weighted by Crippen LogP contribution is -2.52. The fourth-order valence-electron chi connectivity index (χ4n) is 4.90. The first-order chi connectivity index (χ1) is 13.8. The summed E-state index contributed by atoms with van der Waals surface area (Å²) < 4.78 is 2.27. The molecule has 2 aromatic heterocycles. The molecule has 6 heteroatoms. The molecule has 0 saturated carbocycles. The summed E-state index contributed by atoms with van der Waals surface area (Å²) in [6, 6.07) is 12.7. The molecule has 3 aliphatic heterocycles. The highest BCUT2D eigenvalue weighted by molar-refractivity contribution is 5.72. The Morgan fingerprint density at radius 2 is 1.96 bits per heavy atom. The highest BCUT2D eigenvalue weighted by atomic mass is 15.6. The van der Waals surface area contributed by atoms with Crippen LogP contribution in [0.1, 0.15) is 23.1 Å². The van der Waals surface area contributed by atoms with Crippen LogP contribution in [-0.2, 0) is 0 Å². The molecule has 6 nitrogen and oxygen atoms in total. The Labute approximate surface area is 163 Å². The maximum Gasteiger partial charge on any atom is 0.330 e. The number of hydrazone groups is 1. The van der Waals surface area contributed by atoms with Gasteiger partial charge in [-0.2, -0.15) is 5.10 Å². The SMILES string of the molecule is C=C1C2N(C)C=NN2c2cnccc2C2c3ccccc3-c3nccc[n+]3C12. The van der Waals surface area contributed by atoms with Crippen molar-refractivity contribution in [1.82, 2.24) is 14.9 Å². The van der Waals surface area contributed by atoms with Crippen molar-refractivity contribution in [3.8, 4) is 11.4 Å². The zero-order valence-corrected chi connectivity index (χ0v) is 15.5. The van der Waals surface area contributed by atoms with E-state index in [4.69, 9.17) is 4.98 Å². The molecule has 5 heterocycles.